The summed E-state index contributed by atoms with van der Waals surface area (Å²) < 4.78 is 0. The van der Waals surface area contributed by atoms with Crippen molar-refractivity contribution in [1.82, 2.24) is 5.32 Å². The first-order valence-electron chi connectivity index (χ1n) is 8.34. The minimum Gasteiger partial charge on any atom is -0.309 e. The van der Waals surface area contributed by atoms with E-state index in [9.17, 15) is 4.79 Å². The summed E-state index contributed by atoms with van der Waals surface area (Å²) in [6.45, 7) is 12.3. The summed E-state index contributed by atoms with van der Waals surface area (Å²) in [7, 11) is 0. The van der Waals surface area contributed by atoms with Crippen LogP contribution >= 0.6 is 12.2 Å². The van der Waals surface area contributed by atoms with E-state index in [4.69, 9.17) is 12.2 Å². The van der Waals surface area contributed by atoms with Crippen molar-refractivity contribution in [2.45, 2.75) is 72.4 Å². The van der Waals surface area contributed by atoms with Gasteiger partial charge in [0.25, 0.3) is 0 Å². The van der Waals surface area contributed by atoms with E-state index >= 15 is 0 Å². The molecule has 23 heavy (non-hydrogen) atoms. The lowest BCUT2D eigenvalue weighted by Crippen LogP contribution is -2.45. The van der Waals surface area contributed by atoms with Gasteiger partial charge < -0.3 is 5.32 Å². The van der Waals surface area contributed by atoms with E-state index in [1.54, 1.807) is 0 Å². The largest absolute Gasteiger partial charge is 0.309 e. The van der Waals surface area contributed by atoms with Gasteiger partial charge in [0.1, 0.15) is 5.78 Å². The zero-order valence-corrected chi connectivity index (χ0v) is 16.2. The third-order valence-electron chi connectivity index (χ3n) is 3.63. The van der Waals surface area contributed by atoms with E-state index in [0.717, 1.165) is 17.7 Å². The van der Waals surface area contributed by atoms with Crippen LogP contribution in [-0.2, 0) is 11.2 Å². The highest BCUT2D eigenvalue weighted by Crippen LogP contribution is 2.19. The normalized spacial score (nSPS) is 13.7. The third-order valence-corrected chi connectivity index (χ3v) is 3.94. The smallest absolute Gasteiger partial charge is 0.143 e. The Hall–Kier alpha value is -1.06. The third kappa shape index (κ3) is 8.38. The fourth-order valence-corrected chi connectivity index (χ4v) is 2.81. The zero-order chi connectivity index (χ0) is 17.7. The molecule has 0 saturated carbocycles. The van der Waals surface area contributed by atoms with Crippen molar-refractivity contribution in [2.24, 2.45) is 5.41 Å². The van der Waals surface area contributed by atoms with E-state index in [1.807, 2.05) is 26.8 Å². The molecule has 1 aromatic rings. The van der Waals surface area contributed by atoms with Crippen LogP contribution in [0, 0.1) is 5.41 Å². The number of ketones is 1. The Morgan fingerprint density at radius 3 is 2.13 bits per heavy atom. The molecule has 0 fully saturated rings. The highest BCUT2D eigenvalue weighted by molar-refractivity contribution is 7.80. The van der Waals surface area contributed by atoms with Gasteiger partial charge in [0.15, 0.2) is 0 Å². The van der Waals surface area contributed by atoms with Gasteiger partial charge in [-0.25, -0.2) is 0 Å². The maximum absolute atomic E-state index is 12.2. The predicted octanol–water partition coefficient (Wildman–Crippen LogP) is 4.75. The van der Waals surface area contributed by atoms with Crippen LogP contribution in [0.3, 0.4) is 0 Å². The van der Waals surface area contributed by atoms with Crippen molar-refractivity contribution < 1.29 is 4.79 Å². The van der Waals surface area contributed by atoms with Gasteiger partial charge >= 0.3 is 0 Å². The standard InChI is InChI=1S/C20H31NOS/c1-19(2,3)18(22)14-17(23)13-16(21-20(4,5)6)12-15-10-8-7-9-11-15/h7-11,16,21H,12-14H2,1-6H3/t16-/m0/s1. The molecule has 0 aliphatic rings. The summed E-state index contributed by atoms with van der Waals surface area (Å²) in [5.41, 5.74) is 0.985. The van der Waals surface area contributed by atoms with Crippen LogP contribution in [0.25, 0.3) is 0 Å². The Kier molecular flexibility index (Phi) is 7.09. The molecule has 0 spiro atoms. The average molecular weight is 334 g/mol. The molecule has 0 unspecified atom stereocenters. The van der Waals surface area contributed by atoms with E-state index in [-0.39, 0.29) is 22.8 Å². The lowest BCUT2D eigenvalue weighted by molar-refractivity contribution is -0.125. The molecule has 0 aliphatic heterocycles. The number of thiocarbonyl (C=S) groups is 1. The van der Waals surface area contributed by atoms with Gasteiger partial charge in [-0.15, -0.1) is 0 Å². The number of Topliss-reactive ketones (excluding diaryl/α,β-unsaturated/α-hetero) is 1. The lowest BCUT2D eigenvalue weighted by atomic mass is 9.87. The number of nitrogens with one attached hydrogen (secondary N) is 1. The summed E-state index contributed by atoms with van der Waals surface area (Å²) in [6.07, 6.45) is 2.07. The molecular weight excluding hydrogens is 302 g/mol. The Balaban J connectivity index is 2.73. The molecule has 0 saturated heterocycles. The van der Waals surface area contributed by atoms with Crippen LogP contribution in [0.2, 0.25) is 0 Å². The number of hydrogen-bond donors (Lipinski definition) is 1. The van der Waals surface area contributed by atoms with Gasteiger partial charge in [-0.3, -0.25) is 4.79 Å². The zero-order valence-electron chi connectivity index (χ0n) is 15.4. The molecule has 1 atom stereocenters. The molecule has 2 nitrogen and oxygen atoms in total. The maximum Gasteiger partial charge on any atom is 0.143 e. The van der Waals surface area contributed by atoms with Crippen molar-refractivity contribution >= 4 is 22.9 Å². The molecule has 0 aromatic heterocycles. The van der Waals surface area contributed by atoms with Gasteiger partial charge in [0.05, 0.1) is 0 Å². The van der Waals surface area contributed by atoms with E-state index < -0.39 is 0 Å². The van der Waals surface area contributed by atoms with Crippen molar-refractivity contribution in [2.75, 3.05) is 0 Å². The first-order chi connectivity index (χ1) is 10.5. The number of benzene rings is 1. The van der Waals surface area contributed by atoms with Gasteiger partial charge in [-0.2, -0.15) is 0 Å². The van der Waals surface area contributed by atoms with E-state index in [2.05, 4.69) is 50.4 Å². The highest BCUT2D eigenvalue weighted by Gasteiger charge is 2.24. The predicted molar refractivity (Wildman–Crippen MR) is 103 cm³/mol. The van der Waals surface area contributed by atoms with Gasteiger partial charge in [0, 0.05) is 28.3 Å². The Morgan fingerprint density at radius 2 is 1.65 bits per heavy atom. The Morgan fingerprint density at radius 1 is 1.09 bits per heavy atom. The minimum absolute atomic E-state index is 0.0170. The second-order valence-electron chi connectivity index (χ2n) is 8.37. The SMILES string of the molecule is CC(C)(C)N[C@H](CC(=S)CC(=O)C(C)(C)C)Cc1ccccc1. The molecule has 1 aromatic carbocycles. The van der Waals surface area contributed by atoms with Gasteiger partial charge in [-0.1, -0.05) is 63.3 Å². The average Bonchev–Trinajstić information content (AvgIpc) is 2.36. The fraction of sp³-hybridized carbons (Fsp3) is 0.600. The number of hydrogen-bond acceptors (Lipinski definition) is 3. The van der Waals surface area contributed by atoms with Crippen LogP contribution in [0.4, 0.5) is 0 Å². The summed E-state index contributed by atoms with van der Waals surface area (Å²) >= 11 is 5.52. The van der Waals surface area contributed by atoms with Crippen LogP contribution in [0.15, 0.2) is 30.3 Å². The van der Waals surface area contributed by atoms with Crippen LogP contribution < -0.4 is 5.32 Å². The molecule has 0 radical (unpaired) electrons. The quantitative estimate of drug-likeness (QED) is 0.730. The van der Waals surface area contributed by atoms with Crippen molar-refractivity contribution in [3.05, 3.63) is 35.9 Å². The summed E-state index contributed by atoms with van der Waals surface area (Å²) in [6, 6.07) is 10.7. The van der Waals surface area contributed by atoms with Crippen LogP contribution in [0.5, 0.6) is 0 Å². The molecule has 1 N–H and O–H groups in total. The maximum atomic E-state index is 12.2. The Bertz CT molecular complexity index is 523. The topological polar surface area (TPSA) is 29.1 Å². The second-order valence-corrected chi connectivity index (χ2v) is 8.95. The van der Waals surface area contributed by atoms with Crippen molar-refractivity contribution in [1.29, 1.82) is 0 Å². The van der Waals surface area contributed by atoms with Crippen LogP contribution in [-0.4, -0.2) is 22.2 Å². The fourth-order valence-electron chi connectivity index (χ4n) is 2.48. The summed E-state index contributed by atoms with van der Waals surface area (Å²) in [5, 5.41) is 3.65. The first-order valence-corrected chi connectivity index (χ1v) is 8.75. The Labute approximate surface area is 147 Å². The van der Waals surface area contributed by atoms with Crippen molar-refractivity contribution in [3.8, 4) is 0 Å². The molecule has 3 heteroatoms. The molecular formula is C20H31NOS. The molecule has 128 valence electrons. The van der Waals surface area contributed by atoms with Crippen LogP contribution in [0.1, 0.15) is 59.9 Å². The highest BCUT2D eigenvalue weighted by atomic mass is 32.1. The minimum atomic E-state index is -0.323. The van der Waals surface area contributed by atoms with Crippen molar-refractivity contribution in [3.63, 3.8) is 0 Å². The second kappa shape index (κ2) is 8.16. The monoisotopic (exact) mass is 333 g/mol. The van der Waals surface area contributed by atoms with Gasteiger partial charge in [-0.05, 0) is 39.2 Å². The number of carbonyl (C=O) groups is 1. The molecule has 0 aliphatic carbocycles. The lowest BCUT2D eigenvalue weighted by Gasteiger charge is -2.29. The van der Waals surface area contributed by atoms with E-state index in [0.29, 0.717) is 6.42 Å². The first kappa shape index (κ1) is 20.0. The molecule has 0 amide bonds. The molecule has 0 bridgehead atoms. The molecule has 1 rings (SSSR count). The summed E-state index contributed by atoms with van der Waals surface area (Å²) in [5.74, 6) is 0.219. The summed E-state index contributed by atoms with van der Waals surface area (Å²) in [4.78, 5) is 13.0. The van der Waals surface area contributed by atoms with E-state index in [1.165, 1.54) is 5.56 Å². The number of rotatable bonds is 7. The van der Waals surface area contributed by atoms with Gasteiger partial charge in [0.2, 0.25) is 0 Å². The number of carbonyl (C=O) groups excluding carboxylic acids is 1. The molecule has 0 heterocycles.